The van der Waals surface area contributed by atoms with Crippen LogP contribution in [0, 0.1) is 5.82 Å². The summed E-state index contributed by atoms with van der Waals surface area (Å²) in [5.41, 5.74) is 1.38. The van der Waals surface area contributed by atoms with Crippen LogP contribution in [0.3, 0.4) is 0 Å². The molecule has 0 amide bonds. The van der Waals surface area contributed by atoms with E-state index in [4.69, 9.17) is 11.6 Å². The molecule has 128 valence electrons. The highest BCUT2D eigenvalue weighted by Crippen LogP contribution is 2.28. The van der Waals surface area contributed by atoms with Crippen molar-refractivity contribution in [1.82, 2.24) is 14.8 Å². The van der Waals surface area contributed by atoms with E-state index in [0.717, 1.165) is 5.56 Å². The van der Waals surface area contributed by atoms with Gasteiger partial charge in [0.2, 0.25) is 0 Å². The van der Waals surface area contributed by atoms with Gasteiger partial charge in [0.1, 0.15) is 11.6 Å². The van der Waals surface area contributed by atoms with Gasteiger partial charge in [0, 0.05) is 22.9 Å². The maximum absolute atomic E-state index is 13.9. The van der Waals surface area contributed by atoms with Crippen LogP contribution in [0.15, 0.2) is 60.3 Å². The van der Waals surface area contributed by atoms with Crippen molar-refractivity contribution < 1.29 is 9.50 Å². The highest BCUT2D eigenvalue weighted by molar-refractivity contribution is 7.98. The molecule has 0 saturated heterocycles. The molecule has 1 heterocycles. The molecular weight excluding hydrogens is 361 g/mol. The van der Waals surface area contributed by atoms with Gasteiger partial charge in [0.05, 0.1) is 0 Å². The number of phenolic OH excluding ortho intramolecular Hbond substituents is 1. The van der Waals surface area contributed by atoms with Crippen LogP contribution in [0.5, 0.6) is 5.75 Å². The summed E-state index contributed by atoms with van der Waals surface area (Å²) >= 11 is 7.17. The third-order valence-corrected chi connectivity index (χ3v) is 4.78. The molecule has 0 radical (unpaired) electrons. The van der Waals surface area contributed by atoms with Crippen molar-refractivity contribution in [3.63, 3.8) is 0 Å². The molecule has 25 heavy (non-hydrogen) atoms. The molecule has 0 aliphatic rings. The number of nitrogens with zero attached hydrogens (tertiary/aromatic N) is 3. The average molecular weight is 376 g/mol. The summed E-state index contributed by atoms with van der Waals surface area (Å²) in [6, 6.07) is 11.4. The van der Waals surface area contributed by atoms with Gasteiger partial charge < -0.3 is 5.11 Å². The number of aromatic hydroxyl groups is 1. The van der Waals surface area contributed by atoms with Gasteiger partial charge >= 0.3 is 0 Å². The molecule has 1 aromatic heterocycles. The molecule has 0 saturated carbocycles. The Morgan fingerprint density at radius 3 is 2.64 bits per heavy atom. The maximum atomic E-state index is 13.9. The molecular formula is C18H15ClFN3OS. The quantitative estimate of drug-likeness (QED) is 0.490. The molecule has 0 aliphatic heterocycles. The molecule has 0 atom stereocenters. The van der Waals surface area contributed by atoms with Gasteiger partial charge in [-0.05, 0) is 42.0 Å². The normalized spacial score (nSPS) is 10.8. The Kier molecular flexibility index (Phi) is 5.40. The first-order chi connectivity index (χ1) is 12.1. The van der Waals surface area contributed by atoms with Crippen LogP contribution in [-0.2, 0) is 12.3 Å². The van der Waals surface area contributed by atoms with Gasteiger partial charge in [0.15, 0.2) is 11.0 Å². The van der Waals surface area contributed by atoms with Crippen LogP contribution in [0.2, 0.25) is 5.02 Å². The van der Waals surface area contributed by atoms with Gasteiger partial charge in [-0.25, -0.2) is 4.39 Å². The molecule has 1 N–H and O–H groups in total. The molecule has 0 bridgehead atoms. The van der Waals surface area contributed by atoms with Gasteiger partial charge in [0.25, 0.3) is 0 Å². The second-order valence-electron chi connectivity index (χ2n) is 5.28. The van der Waals surface area contributed by atoms with E-state index >= 15 is 0 Å². The monoisotopic (exact) mass is 375 g/mol. The Hall–Kier alpha value is -2.31. The van der Waals surface area contributed by atoms with Crippen molar-refractivity contribution in [2.75, 3.05) is 0 Å². The highest BCUT2D eigenvalue weighted by atomic mass is 35.5. The molecule has 3 rings (SSSR count). The summed E-state index contributed by atoms with van der Waals surface area (Å²) in [4.78, 5) is 0. The minimum atomic E-state index is -0.339. The number of thioether (sulfide) groups is 1. The summed E-state index contributed by atoms with van der Waals surface area (Å²) in [5.74, 6) is 0.923. The number of hydrogen-bond donors (Lipinski definition) is 1. The topological polar surface area (TPSA) is 50.9 Å². The van der Waals surface area contributed by atoms with E-state index < -0.39 is 0 Å². The third-order valence-electron chi connectivity index (χ3n) is 3.53. The summed E-state index contributed by atoms with van der Waals surface area (Å²) in [6.45, 7) is 4.29. The van der Waals surface area contributed by atoms with E-state index in [2.05, 4.69) is 16.8 Å². The van der Waals surface area contributed by atoms with Crippen molar-refractivity contribution in [2.24, 2.45) is 0 Å². The van der Waals surface area contributed by atoms with Crippen LogP contribution in [-0.4, -0.2) is 19.9 Å². The maximum Gasteiger partial charge on any atom is 0.192 e. The van der Waals surface area contributed by atoms with Gasteiger partial charge in [-0.3, -0.25) is 4.57 Å². The largest absolute Gasteiger partial charge is 0.508 e. The van der Waals surface area contributed by atoms with Crippen molar-refractivity contribution in [2.45, 2.75) is 17.5 Å². The van der Waals surface area contributed by atoms with E-state index in [1.165, 1.54) is 17.8 Å². The highest BCUT2D eigenvalue weighted by Gasteiger charge is 2.14. The molecule has 0 spiro atoms. The number of benzene rings is 2. The lowest BCUT2D eigenvalue weighted by Crippen LogP contribution is -2.01. The smallest absolute Gasteiger partial charge is 0.192 e. The lowest BCUT2D eigenvalue weighted by Gasteiger charge is -2.08. The zero-order valence-electron chi connectivity index (χ0n) is 13.2. The van der Waals surface area contributed by atoms with Gasteiger partial charge in [-0.2, -0.15) is 0 Å². The van der Waals surface area contributed by atoms with Crippen molar-refractivity contribution in [3.05, 3.63) is 71.5 Å². The van der Waals surface area contributed by atoms with Crippen LogP contribution in [0.1, 0.15) is 5.56 Å². The lowest BCUT2D eigenvalue weighted by molar-refractivity contribution is 0.475. The van der Waals surface area contributed by atoms with E-state index in [1.54, 1.807) is 42.5 Å². The summed E-state index contributed by atoms with van der Waals surface area (Å²) in [5, 5.41) is 18.9. The standard InChI is InChI=1S/C18H15ClFN3OS/c1-2-9-23-17(12-4-7-15(24)8-5-12)21-22-18(23)25-11-13-3-6-14(19)10-16(13)20/h2-8,10,24H,1,9,11H2. The third kappa shape index (κ3) is 4.03. The fourth-order valence-electron chi connectivity index (χ4n) is 2.29. The van der Waals surface area contributed by atoms with E-state index in [0.29, 0.717) is 33.9 Å². The van der Waals surface area contributed by atoms with Crippen molar-refractivity contribution >= 4 is 23.4 Å². The summed E-state index contributed by atoms with van der Waals surface area (Å²) in [7, 11) is 0. The first kappa shape index (κ1) is 17.5. The fourth-order valence-corrected chi connectivity index (χ4v) is 3.39. The Bertz CT molecular complexity index is 896. The minimum absolute atomic E-state index is 0.186. The van der Waals surface area contributed by atoms with E-state index in [-0.39, 0.29) is 11.6 Å². The number of rotatable bonds is 6. The predicted molar refractivity (Wildman–Crippen MR) is 98.3 cm³/mol. The minimum Gasteiger partial charge on any atom is -0.508 e. The van der Waals surface area contributed by atoms with Crippen LogP contribution in [0.25, 0.3) is 11.4 Å². The molecule has 0 fully saturated rings. The Balaban J connectivity index is 1.86. The first-order valence-electron chi connectivity index (χ1n) is 7.48. The molecule has 7 heteroatoms. The van der Waals surface area contributed by atoms with Crippen LogP contribution < -0.4 is 0 Å². The van der Waals surface area contributed by atoms with Gasteiger partial charge in [-0.15, -0.1) is 16.8 Å². The van der Waals surface area contributed by atoms with Crippen LogP contribution >= 0.6 is 23.4 Å². The summed E-state index contributed by atoms with van der Waals surface area (Å²) < 4.78 is 15.8. The summed E-state index contributed by atoms with van der Waals surface area (Å²) in [6.07, 6.45) is 1.75. The molecule has 2 aromatic carbocycles. The molecule has 0 aliphatic carbocycles. The zero-order valence-corrected chi connectivity index (χ0v) is 14.8. The van der Waals surface area contributed by atoms with E-state index in [1.807, 2.05) is 4.57 Å². The number of aromatic nitrogens is 3. The molecule has 4 nitrogen and oxygen atoms in total. The fraction of sp³-hybridized carbons (Fsp3) is 0.111. The average Bonchev–Trinajstić information content (AvgIpc) is 2.98. The second-order valence-corrected chi connectivity index (χ2v) is 6.66. The Morgan fingerprint density at radius 1 is 1.20 bits per heavy atom. The number of hydrogen-bond acceptors (Lipinski definition) is 4. The lowest BCUT2D eigenvalue weighted by atomic mass is 10.2. The number of allylic oxidation sites excluding steroid dienone is 1. The zero-order chi connectivity index (χ0) is 17.8. The molecule has 0 unspecified atom stereocenters. The predicted octanol–water partition coefficient (Wildman–Crippen LogP) is 4.92. The number of halogens is 2. The van der Waals surface area contributed by atoms with Gasteiger partial charge in [-0.1, -0.05) is 35.5 Å². The second kappa shape index (κ2) is 7.72. The number of phenols is 1. The SMILES string of the molecule is C=CCn1c(SCc2ccc(Cl)cc2F)nnc1-c1ccc(O)cc1. The Morgan fingerprint density at radius 2 is 1.96 bits per heavy atom. The Labute approximate surface area is 154 Å². The van der Waals surface area contributed by atoms with Crippen molar-refractivity contribution in [3.8, 4) is 17.1 Å². The van der Waals surface area contributed by atoms with Crippen molar-refractivity contribution in [1.29, 1.82) is 0 Å². The van der Waals surface area contributed by atoms with E-state index in [9.17, 15) is 9.50 Å². The van der Waals surface area contributed by atoms with Crippen LogP contribution in [0.4, 0.5) is 4.39 Å². The first-order valence-corrected chi connectivity index (χ1v) is 8.85. The molecule has 3 aromatic rings.